The Kier molecular flexibility index (Phi) is 4.42. The summed E-state index contributed by atoms with van der Waals surface area (Å²) in [6.07, 6.45) is 0.390. The molecule has 0 spiro atoms. The van der Waals surface area contributed by atoms with Gasteiger partial charge in [0.05, 0.1) is 11.1 Å². The molecular formula is C19H17FN2O2. The van der Waals surface area contributed by atoms with Crippen LogP contribution in [0.4, 0.5) is 4.39 Å². The first-order chi connectivity index (χ1) is 11.6. The standard InChI is InChI=1S/C19H17FN2O2/c1-22-17-9-5-3-7-14(17)15(12-18(22)23)19(24)21-11-10-13-6-2-4-8-16(13)20/h2-9,12H,10-11H2,1H3,(H,21,24). The van der Waals surface area contributed by atoms with E-state index < -0.39 is 0 Å². The maximum absolute atomic E-state index is 13.6. The number of nitrogens with one attached hydrogen (secondary N) is 1. The highest BCUT2D eigenvalue weighted by Crippen LogP contribution is 2.16. The molecule has 2 aromatic carbocycles. The molecule has 0 unspecified atom stereocenters. The summed E-state index contributed by atoms with van der Waals surface area (Å²) in [5.74, 6) is -0.619. The Morgan fingerprint density at radius 2 is 1.83 bits per heavy atom. The minimum Gasteiger partial charge on any atom is -0.352 e. The minimum absolute atomic E-state index is 0.243. The van der Waals surface area contributed by atoms with E-state index in [0.717, 1.165) is 0 Å². The summed E-state index contributed by atoms with van der Waals surface area (Å²) in [5, 5.41) is 3.47. The van der Waals surface area contributed by atoms with Crippen LogP contribution >= 0.6 is 0 Å². The number of para-hydroxylation sites is 1. The lowest BCUT2D eigenvalue weighted by molar-refractivity contribution is 0.0955. The van der Waals surface area contributed by atoms with Gasteiger partial charge in [-0.15, -0.1) is 0 Å². The first kappa shape index (κ1) is 15.9. The number of halogens is 1. The molecule has 0 saturated heterocycles. The number of fused-ring (bicyclic) bond motifs is 1. The molecule has 0 aliphatic carbocycles. The predicted molar refractivity (Wildman–Crippen MR) is 91.6 cm³/mol. The summed E-state index contributed by atoms with van der Waals surface area (Å²) in [6, 6.07) is 15.1. The zero-order valence-electron chi connectivity index (χ0n) is 13.3. The number of nitrogens with zero attached hydrogens (tertiary/aromatic N) is 1. The van der Waals surface area contributed by atoms with Gasteiger partial charge < -0.3 is 9.88 Å². The average Bonchev–Trinajstić information content (AvgIpc) is 2.59. The lowest BCUT2D eigenvalue weighted by Gasteiger charge is -2.10. The number of pyridine rings is 1. The number of rotatable bonds is 4. The van der Waals surface area contributed by atoms with Crippen molar-refractivity contribution in [1.29, 1.82) is 0 Å². The van der Waals surface area contributed by atoms with E-state index in [0.29, 0.717) is 35.0 Å². The van der Waals surface area contributed by atoms with Crippen molar-refractivity contribution >= 4 is 16.8 Å². The number of benzene rings is 2. The van der Waals surface area contributed by atoms with Crippen molar-refractivity contribution in [2.45, 2.75) is 6.42 Å². The van der Waals surface area contributed by atoms with Gasteiger partial charge in [-0.1, -0.05) is 36.4 Å². The van der Waals surface area contributed by atoms with Crippen LogP contribution in [0, 0.1) is 5.82 Å². The van der Waals surface area contributed by atoms with E-state index in [1.807, 2.05) is 12.1 Å². The van der Waals surface area contributed by atoms with Crippen LogP contribution in [0.2, 0.25) is 0 Å². The van der Waals surface area contributed by atoms with Gasteiger partial charge in [-0.2, -0.15) is 0 Å². The van der Waals surface area contributed by atoms with Crippen molar-refractivity contribution in [3.63, 3.8) is 0 Å². The molecule has 5 heteroatoms. The molecule has 1 aromatic heterocycles. The Hall–Kier alpha value is -2.95. The second-order valence-electron chi connectivity index (χ2n) is 5.57. The summed E-state index contributed by atoms with van der Waals surface area (Å²) in [4.78, 5) is 24.5. The topological polar surface area (TPSA) is 51.1 Å². The third kappa shape index (κ3) is 3.06. The SMILES string of the molecule is Cn1c(=O)cc(C(=O)NCCc2ccccc2F)c2ccccc21. The van der Waals surface area contributed by atoms with Crippen molar-refractivity contribution in [3.05, 3.63) is 81.9 Å². The smallest absolute Gasteiger partial charge is 0.252 e. The normalized spacial score (nSPS) is 10.8. The van der Waals surface area contributed by atoms with Crippen molar-refractivity contribution < 1.29 is 9.18 Å². The van der Waals surface area contributed by atoms with Crippen LogP contribution in [0.3, 0.4) is 0 Å². The van der Waals surface area contributed by atoms with Crippen LogP contribution in [-0.2, 0) is 13.5 Å². The number of hydrogen-bond donors (Lipinski definition) is 1. The predicted octanol–water partition coefficient (Wildman–Crippen LogP) is 2.65. The zero-order chi connectivity index (χ0) is 17.1. The molecule has 0 fully saturated rings. The number of amides is 1. The van der Waals surface area contributed by atoms with Crippen molar-refractivity contribution in [2.24, 2.45) is 7.05 Å². The van der Waals surface area contributed by atoms with E-state index in [2.05, 4.69) is 5.32 Å². The number of carbonyl (C=O) groups excluding carboxylic acids is 1. The highest BCUT2D eigenvalue weighted by atomic mass is 19.1. The van der Waals surface area contributed by atoms with E-state index in [-0.39, 0.29) is 17.3 Å². The minimum atomic E-state index is -0.333. The van der Waals surface area contributed by atoms with Gasteiger partial charge in [-0.05, 0) is 24.1 Å². The van der Waals surface area contributed by atoms with Gasteiger partial charge in [-0.3, -0.25) is 9.59 Å². The molecule has 3 rings (SSSR count). The van der Waals surface area contributed by atoms with Crippen molar-refractivity contribution in [1.82, 2.24) is 9.88 Å². The van der Waals surface area contributed by atoms with Gasteiger partial charge in [-0.25, -0.2) is 4.39 Å². The fourth-order valence-corrected chi connectivity index (χ4v) is 2.71. The fraction of sp³-hybridized carbons (Fsp3) is 0.158. The molecule has 122 valence electrons. The fourth-order valence-electron chi connectivity index (χ4n) is 2.71. The Bertz CT molecular complexity index is 963. The molecule has 0 aliphatic rings. The second kappa shape index (κ2) is 6.66. The van der Waals surface area contributed by atoms with E-state index in [9.17, 15) is 14.0 Å². The molecule has 0 aliphatic heterocycles. The van der Waals surface area contributed by atoms with Crippen LogP contribution in [0.15, 0.2) is 59.4 Å². The molecule has 24 heavy (non-hydrogen) atoms. The highest BCUT2D eigenvalue weighted by molar-refractivity contribution is 6.06. The Morgan fingerprint density at radius 3 is 2.62 bits per heavy atom. The summed E-state index contributed by atoms with van der Waals surface area (Å²) in [5.41, 5.74) is 1.34. The first-order valence-electron chi connectivity index (χ1n) is 7.68. The molecule has 4 nitrogen and oxygen atoms in total. The number of carbonyl (C=O) groups is 1. The first-order valence-corrected chi connectivity index (χ1v) is 7.68. The summed E-state index contributed by atoms with van der Waals surface area (Å²) < 4.78 is 15.1. The monoisotopic (exact) mass is 324 g/mol. The van der Waals surface area contributed by atoms with Gasteiger partial charge in [0.2, 0.25) is 0 Å². The summed E-state index contributed by atoms with van der Waals surface area (Å²) in [6.45, 7) is 0.295. The highest BCUT2D eigenvalue weighted by Gasteiger charge is 2.13. The maximum atomic E-state index is 13.6. The van der Waals surface area contributed by atoms with Gasteiger partial charge >= 0.3 is 0 Å². The molecule has 1 amide bonds. The van der Waals surface area contributed by atoms with E-state index in [1.165, 1.54) is 16.7 Å². The number of aromatic nitrogens is 1. The van der Waals surface area contributed by atoms with Gasteiger partial charge in [0.15, 0.2) is 0 Å². The molecule has 1 N–H and O–H groups in total. The van der Waals surface area contributed by atoms with Gasteiger partial charge in [0, 0.05) is 25.0 Å². The molecule has 0 bridgehead atoms. The maximum Gasteiger partial charge on any atom is 0.252 e. The quantitative estimate of drug-likeness (QED) is 0.802. The molecule has 0 atom stereocenters. The van der Waals surface area contributed by atoms with E-state index >= 15 is 0 Å². The Morgan fingerprint density at radius 1 is 1.12 bits per heavy atom. The Balaban J connectivity index is 1.81. The van der Waals surface area contributed by atoms with Crippen LogP contribution in [0.5, 0.6) is 0 Å². The summed E-state index contributed by atoms with van der Waals surface area (Å²) >= 11 is 0. The van der Waals surface area contributed by atoms with E-state index in [4.69, 9.17) is 0 Å². The third-order valence-corrected chi connectivity index (χ3v) is 4.04. The van der Waals surface area contributed by atoms with Gasteiger partial charge in [0.1, 0.15) is 5.82 Å². The van der Waals surface area contributed by atoms with Crippen molar-refractivity contribution in [2.75, 3.05) is 6.54 Å². The van der Waals surface area contributed by atoms with E-state index in [1.54, 1.807) is 37.4 Å². The average molecular weight is 324 g/mol. The third-order valence-electron chi connectivity index (χ3n) is 4.04. The lowest BCUT2D eigenvalue weighted by atomic mass is 10.1. The number of hydrogen-bond acceptors (Lipinski definition) is 2. The van der Waals surface area contributed by atoms with Crippen LogP contribution in [0.25, 0.3) is 10.9 Å². The van der Waals surface area contributed by atoms with Crippen LogP contribution < -0.4 is 10.9 Å². The molecule has 0 radical (unpaired) electrons. The molecular weight excluding hydrogens is 307 g/mol. The largest absolute Gasteiger partial charge is 0.352 e. The van der Waals surface area contributed by atoms with Crippen molar-refractivity contribution in [3.8, 4) is 0 Å². The number of aryl methyl sites for hydroxylation is 1. The zero-order valence-corrected chi connectivity index (χ0v) is 13.3. The summed E-state index contributed by atoms with van der Waals surface area (Å²) in [7, 11) is 1.67. The Labute approximate surface area is 138 Å². The lowest BCUT2D eigenvalue weighted by Crippen LogP contribution is -2.28. The molecule has 1 heterocycles. The van der Waals surface area contributed by atoms with Crippen LogP contribution in [0.1, 0.15) is 15.9 Å². The molecule has 0 saturated carbocycles. The molecule has 3 aromatic rings. The second-order valence-corrected chi connectivity index (χ2v) is 5.57. The van der Waals surface area contributed by atoms with Gasteiger partial charge in [0.25, 0.3) is 11.5 Å². The van der Waals surface area contributed by atoms with Crippen LogP contribution in [-0.4, -0.2) is 17.0 Å².